The number of pyridine rings is 1. The molecule has 2 aromatic heterocycles. The van der Waals surface area contributed by atoms with Gasteiger partial charge in [0.25, 0.3) is 0 Å². The number of nitrogens with zero attached hydrogens (tertiary/aromatic N) is 4. The van der Waals surface area contributed by atoms with Crippen LogP contribution in [0.2, 0.25) is 0 Å². The normalized spacial score (nSPS) is 20.9. The Bertz CT molecular complexity index is 1150. The van der Waals surface area contributed by atoms with Gasteiger partial charge in [0.2, 0.25) is 5.91 Å². The molecular formula is C26H26FN5O2. The van der Waals surface area contributed by atoms with Gasteiger partial charge in [-0.2, -0.15) is 4.98 Å². The number of hydrogen-bond donors (Lipinski definition) is 1. The van der Waals surface area contributed by atoms with Crippen molar-refractivity contribution in [2.75, 3.05) is 24.5 Å². The van der Waals surface area contributed by atoms with Crippen molar-refractivity contribution >= 4 is 17.8 Å². The molecule has 7 nitrogen and oxygen atoms in total. The van der Waals surface area contributed by atoms with Crippen molar-refractivity contribution in [3.05, 3.63) is 84.1 Å². The molecule has 0 bridgehead atoms. The molecule has 2 aliphatic rings. The number of benzene rings is 1. The number of aromatic nitrogens is 3. The molecule has 8 heteroatoms. The Morgan fingerprint density at radius 1 is 1.15 bits per heavy atom. The lowest BCUT2D eigenvalue weighted by atomic mass is 10.2. The average Bonchev–Trinajstić information content (AvgIpc) is 3.31. The van der Waals surface area contributed by atoms with Crippen LogP contribution in [-0.4, -0.2) is 40.5 Å². The number of fused-ring (bicyclic) bond motifs is 1. The van der Waals surface area contributed by atoms with Gasteiger partial charge in [0, 0.05) is 38.1 Å². The van der Waals surface area contributed by atoms with Crippen LogP contribution in [0, 0.1) is 23.6 Å². The van der Waals surface area contributed by atoms with Crippen LogP contribution in [0.25, 0.3) is 6.08 Å². The molecule has 1 aromatic carbocycles. The second-order valence-corrected chi connectivity index (χ2v) is 8.69. The van der Waals surface area contributed by atoms with Crippen molar-refractivity contribution in [1.29, 1.82) is 0 Å². The van der Waals surface area contributed by atoms with Crippen LogP contribution >= 0.6 is 0 Å². The van der Waals surface area contributed by atoms with Crippen LogP contribution in [0.4, 0.5) is 10.2 Å². The fourth-order valence-corrected chi connectivity index (χ4v) is 4.67. The first-order chi connectivity index (χ1) is 16.7. The Labute approximate surface area is 197 Å². The number of halogens is 1. The van der Waals surface area contributed by atoms with Crippen molar-refractivity contribution in [3.63, 3.8) is 0 Å². The summed E-state index contributed by atoms with van der Waals surface area (Å²) in [6.07, 6.45) is 8.79. The Balaban J connectivity index is 1.07. The fourth-order valence-electron chi connectivity index (χ4n) is 4.67. The number of carbonyl (C=O) groups excluding carboxylic acids is 1. The summed E-state index contributed by atoms with van der Waals surface area (Å²) in [6, 6.07) is 13.6. The standard InChI is InChI=1S/C26H26FN5O2/c27-23-14-30-26(34-17-19-5-2-1-3-6-19)31-25(23)32-15-21-20(22(21)16-32)10-12-29-24(33)9-8-18-7-4-11-28-13-18/h1-9,11,13-14,20-22H,10,12,15-17H2,(H,29,33)/b9-8+/t20-,21-,22+. The van der Waals surface area contributed by atoms with E-state index >= 15 is 0 Å². The lowest BCUT2D eigenvalue weighted by molar-refractivity contribution is -0.116. The third kappa shape index (κ3) is 5.22. The van der Waals surface area contributed by atoms with Crippen LogP contribution < -0.4 is 15.0 Å². The molecule has 3 heterocycles. The first-order valence-electron chi connectivity index (χ1n) is 11.5. The molecule has 1 N–H and O–H groups in total. The van der Waals surface area contributed by atoms with Crippen LogP contribution in [-0.2, 0) is 11.4 Å². The topological polar surface area (TPSA) is 80.2 Å². The Morgan fingerprint density at radius 2 is 1.97 bits per heavy atom. The number of carbonyl (C=O) groups is 1. The van der Waals surface area contributed by atoms with Gasteiger partial charge in [-0.05, 0) is 47.4 Å². The third-order valence-corrected chi connectivity index (χ3v) is 6.47. The Morgan fingerprint density at radius 3 is 2.74 bits per heavy atom. The lowest BCUT2D eigenvalue weighted by Gasteiger charge is -2.21. The molecule has 34 heavy (non-hydrogen) atoms. The van der Waals surface area contributed by atoms with Crippen molar-refractivity contribution in [3.8, 4) is 6.01 Å². The first kappa shape index (κ1) is 22.0. The van der Waals surface area contributed by atoms with Crippen molar-refractivity contribution in [2.24, 2.45) is 17.8 Å². The zero-order valence-corrected chi connectivity index (χ0v) is 18.7. The van der Waals surface area contributed by atoms with Crippen LogP contribution in [0.3, 0.4) is 0 Å². The van der Waals surface area contributed by atoms with E-state index in [0.29, 0.717) is 36.7 Å². The molecule has 1 aliphatic carbocycles. The van der Waals surface area contributed by atoms with Crippen molar-refractivity contribution in [1.82, 2.24) is 20.3 Å². The summed E-state index contributed by atoms with van der Waals surface area (Å²) in [4.78, 5) is 26.3. The average molecular weight is 460 g/mol. The second-order valence-electron chi connectivity index (χ2n) is 8.69. The molecule has 1 amide bonds. The summed E-state index contributed by atoms with van der Waals surface area (Å²) < 4.78 is 20.1. The number of nitrogens with one attached hydrogen (secondary N) is 1. The molecule has 174 valence electrons. The second kappa shape index (κ2) is 9.99. The highest BCUT2D eigenvalue weighted by molar-refractivity contribution is 5.91. The van der Waals surface area contributed by atoms with Gasteiger partial charge >= 0.3 is 6.01 Å². The lowest BCUT2D eigenvalue weighted by Crippen LogP contribution is -2.28. The number of amides is 1. The van der Waals surface area contributed by atoms with Crippen LogP contribution in [0.15, 0.2) is 67.1 Å². The van der Waals surface area contributed by atoms with Gasteiger partial charge in [-0.3, -0.25) is 9.78 Å². The molecular weight excluding hydrogens is 433 g/mol. The highest BCUT2D eigenvalue weighted by Gasteiger charge is 2.55. The number of hydrogen-bond acceptors (Lipinski definition) is 6. The third-order valence-electron chi connectivity index (χ3n) is 6.47. The molecule has 0 radical (unpaired) electrons. The van der Waals surface area contributed by atoms with E-state index in [2.05, 4.69) is 20.3 Å². The molecule has 2 fully saturated rings. The van der Waals surface area contributed by atoms with Gasteiger partial charge in [-0.1, -0.05) is 36.4 Å². The maximum Gasteiger partial charge on any atom is 0.318 e. The van der Waals surface area contributed by atoms with E-state index < -0.39 is 5.82 Å². The Kier molecular flexibility index (Phi) is 6.46. The van der Waals surface area contributed by atoms with Gasteiger partial charge in [0.15, 0.2) is 11.6 Å². The van der Waals surface area contributed by atoms with Crippen molar-refractivity contribution < 1.29 is 13.9 Å². The molecule has 0 unspecified atom stereocenters. The number of anilines is 1. The summed E-state index contributed by atoms with van der Waals surface area (Å²) >= 11 is 0. The number of ether oxygens (including phenoxy) is 1. The van der Waals surface area contributed by atoms with E-state index in [1.54, 1.807) is 18.5 Å². The van der Waals surface area contributed by atoms with Gasteiger partial charge in [0.1, 0.15) is 6.61 Å². The molecule has 1 saturated carbocycles. The molecule has 1 saturated heterocycles. The largest absolute Gasteiger partial charge is 0.459 e. The predicted octanol–water partition coefficient (Wildman–Crippen LogP) is 3.49. The fraction of sp³-hybridized carbons (Fsp3) is 0.308. The summed E-state index contributed by atoms with van der Waals surface area (Å²) in [6.45, 7) is 2.49. The summed E-state index contributed by atoms with van der Waals surface area (Å²) in [5.74, 6) is 1.33. The van der Waals surface area contributed by atoms with Gasteiger partial charge in [-0.25, -0.2) is 9.37 Å². The minimum absolute atomic E-state index is 0.109. The number of rotatable bonds is 9. The minimum Gasteiger partial charge on any atom is -0.459 e. The Hall–Kier alpha value is -3.81. The van der Waals surface area contributed by atoms with E-state index in [0.717, 1.165) is 30.6 Å². The number of piperidine rings is 1. The van der Waals surface area contributed by atoms with Crippen LogP contribution in [0.1, 0.15) is 17.5 Å². The summed E-state index contributed by atoms with van der Waals surface area (Å²) in [5.41, 5.74) is 1.89. The van der Waals surface area contributed by atoms with E-state index in [1.807, 2.05) is 47.4 Å². The quantitative estimate of drug-likeness (QED) is 0.494. The van der Waals surface area contributed by atoms with E-state index in [1.165, 1.54) is 12.3 Å². The van der Waals surface area contributed by atoms with E-state index in [-0.39, 0.29) is 11.9 Å². The molecule has 5 rings (SSSR count). The van der Waals surface area contributed by atoms with Crippen molar-refractivity contribution in [2.45, 2.75) is 13.0 Å². The monoisotopic (exact) mass is 459 g/mol. The van der Waals surface area contributed by atoms with Gasteiger partial charge in [-0.15, -0.1) is 0 Å². The van der Waals surface area contributed by atoms with Gasteiger partial charge < -0.3 is 15.0 Å². The summed E-state index contributed by atoms with van der Waals surface area (Å²) in [5, 5.41) is 2.94. The molecule has 0 spiro atoms. The first-order valence-corrected chi connectivity index (χ1v) is 11.5. The zero-order valence-electron chi connectivity index (χ0n) is 18.7. The highest BCUT2D eigenvalue weighted by Crippen LogP contribution is 2.54. The predicted molar refractivity (Wildman–Crippen MR) is 126 cm³/mol. The maximum atomic E-state index is 14.4. The smallest absolute Gasteiger partial charge is 0.318 e. The van der Waals surface area contributed by atoms with E-state index in [4.69, 9.17) is 4.74 Å². The zero-order chi connectivity index (χ0) is 23.3. The van der Waals surface area contributed by atoms with E-state index in [9.17, 15) is 9.18 Å². The SMILES string of the molecule is O=C(/C=C/c1cccnc1)NCC[C@@H]1[C@H]2CN(c3nc(OCc4ccccc4)ncc3F)C[C@@H]12. The molecule has 3 atom stereocenters. The van der Waals surface area contributed by atoms with Crippen LogP contribution in [0.5, 0.6) is 6.01 Å². The maximum absolute atomic E-state index is 14.4. The molecule has 3 aromatic rings. The van der Waals surface area contributed by atoms with Gasteiger partial charge in [0.05, 0.1) is 6.20 Å². The molecule has 1 aliphatic heterocycles. The summed E-state index contributed by atoms with van der Waals surface area (Å²) in [7, 11) is 0. The highest BCUT2D eigenvalue weighted by atomic mass is 19.1. The minimum atomic E-state index is -0.433.